The van der Waals surface area contributed by atoms with Gasteiger partial charge in [-0.05, 0) is 34.1 Å². The highest BCUT2D eigenvalue weighted by Gasteiger charge is 2.14. The van der Waals surface area contributed by atoms with Crippen molar-refractivity contribution in [3.05, 3.63) is 58.2 Å². The molecule has 1 amide bonds. The molecule has 0 saturated carbocycles. The Balaban J connectivity index is 1.92. The summed E-state index contributed by atoms with van der Waals surface area (Å²) in [4.78, 5) is 12.1. The van der Waals surface area contributed by atoms with Gasteiger partial charge in [0.15, 0.2) is 5.82 Å². The summed E-state index contributed by atoms with van der Waals surface area (Å²) in [6, 6.07) is 6.72. The number of amides is 1. The summed E-state index contributed by atoms with van der Waals surface area (Å²) in [6.07, 6.45) is 1.63. The van der Waals surface area contributed by atoms with Crippen LogP contribution in [0.2, 0.25) is 0 Å². The van der Waals surface area contributed by atoms with Gasteiger partial charge in [0.05, 0.1) is 17.4 Å². The molecule has 0 unspecified atom stereocenters. The van der Waals surface area contributed by atoms with Crippen molar-refractivity contribution < 1.29 is 13.6 Å². The summed E-state index contributed by atoms with van der Waals surface area (Å²) in [7, 11) is 0. The summed E-state index contributed by atoms with van der Waals surface area (Å²) in [6.45, 7) is 0. The summed E-state index contributed by atoms with van der Waals surface area (Å²) >= 11 is 3.02. The molecular weight excluding hydrogens is 344 g/mol. The molecule has 4 nitrogen and oxygen atoms in total. The second-order valence-electron chi connectivity index (χ2n) is 4.37. The van der Waals surface area contributed by atoms with Gasteiger partial charge >= 0.3 is 0 Å². The van der Waals surface area contributed by atoms with Crippen LogP contribution in [0.5, 0.6) is 0 Å². The molecule has 1 aromatic heterocycles. The molecule has 0 spiro atoms. The number of carbonyl (C=O) groups is 1. The molecule has 0 fully saturated rings. The van der Waals surface area contributed by atoms with E-state index in [1.165, 1.54) is 0 Å². The van der Waals surface area contributed by atoms with E-state index in [2.05, 4.69) is 31.4 Å². The van der Waals surface area contributed by atoms with Crippen molar-refractivity contribution >= 4 is 38.4 Å². The van der Waals surface area contributed by atoms with Crippen LogP contribution in [-0.2, 0) is 0 Å². The molecule has 3 rings (SSSR count). The van der Waals surface area contributed by atoms with Crippen LogP contribution in [0.1, 0.15) is 10.4 Å². The molecule has 1 heterocycles. The molecule has 0 aliphatic rings. The number of aromatic nitrogens is 2. The van der Waals surface area contributed by atoms with E-state index in [9.17, 15) is 13.6 Å². The van der Waals surface area contributed by atoms with Crippen molar-refractivity contribution in [1.29, 1.82) is 0 Å². The molecule has 0 saturated heterocycles. The molecule has 7 heteroatoms. The lowest BCUT2D eigenvalue weighted by Crippen LogP contribution is -2.13. The molecule has 3 aromatic rings. The van der Waals surface area contributed by atoms with Crippen LogP contribution in [-0.4, -0.2) is 16.1 Å². The molecular formula is C14H8BrF2N3O. The normalized spacial score (nSPS) is 10.8. The van der Waals surface area contributed by atoms with Crippen LogP contribution < -0.4 is 5.32 Å². The standard InChI is InChI=1S/C14H8BrF2N3O/c15-10-4-9(16)5-11(17)13(10)19-14(21)7-1-2-8-6-18-20-12(8)3-7/h1-6H,(H,18,20)(H,19,21). The SMILES string of the molecule is O=C(Nc1c(F)cc(F)cc1Br)c1ccc2cn[nH]c2c1. The first-order valence-electron chi connectivity index (χ1n) is 5.93. The van der Waals surface area contributed by atoms with Crippen molar-refractivity contribution in [2.75, 3.05) is 5.32 Å². The van der Waals surface area contributed by atoms with Gasteiger partial charge in [0.1, 0.15) is 5.82 Å². The first kappa shape index (κ1) is 13.7. The minimum Gasteiger partial charge on any atom is -0.319 e. The fraction of sp³-hybridized carbons (Fsp3) is 0. The number of carbonyl (C=O) groups excluding carboxylic acids is 1. The Kier molecular flexibility index (Phi) is 3.42. The third-order valence-electron chi connectivity index (χ3n) is 2.95. The molecule has 0 radical (unpaired) electrons. The van der Waals surface area contributed by atoms with E-state index < -0.39 is 17.5 Å². The van der Waals surface area contributed by atoms with Crippen molar-refractivity contribution in [2.24, 2.45) is 0 Å². The number of rotatable bonds is 2. The minimum absolute atomic E-state index is 0.105. The summed E-state index contributed by atoms with van der Waals surface area (Å²) in [5.74, 6) is -2.08. The van der Waals surface area contributed by atoms with Crippen molar-refractivity contribution in [3.8, 4) is 0 Å². The molecule has 0 aliphatic heterocycles. The average Bonchev–Trinajstić information content (AvgIpc) is 2.89. The highest BCUT2D eigenvalue weighted by molar-refractivity contribution is 9.10. The quantitative estimate of drug-likeness (QED) is 0.736. The Morgan fingerprint density at radius 2 is 2.05 bits per heavy atom. The van der Waals surface area contributed by atoms with E-state index in [0.29, 0.717) is 17.1 Å². The number of anilines is 1. The van der Waals surface area contributed by atoms with Gasteiger partial charge in [0, 0.05) is 21.5 Å². The van der Waals surface area contributed by atoms with Gasteiger partial charge in [-0.3, -0.25) is 9.89 Å². The number of hydrogen-bond acceptors (Lipinski definition) is 2. The van der Waals surface area contributed by atoms with Crippen LogP contribution in [0.4, 0.5) is 14.5 Å². The topological polar surface area (TPSA) is 57.8 Å². The molecule has 0 aliphatic carbocycles. The lowest BCUT2D eigenvalue weighted by Gasteiger charge is -2.09. The van der Waals surface area contributed by atoms with Gasteiger partial charge in [0.25, 0.3) is 5.91 Å². The molecule has 2 aromatic carbocycles. The smallest absolute Gasteiger partial charge is 0.255 e. The lowest BCUT2D eigenvalue weighted by atomic mass is 10.1. The van der Waals surface area contributed by atoms with Gasteiger partial charge < -0.3 is 5.32 Å². The number of fused-ring (bicyclic) bond motifs is 1. The van der Waals surface area contributed by atoms with E-state index in [-0.39, 0.29) is 10.2 Å². The minimum atomic E-state index is -0.849. The predicted molar refractivity (Wildman–Crippen MR) is 78.1 cm³/mol. The van der Waals surface area contributed by atoms with E-state index in [0.717, 1.165) is 11.5 Å². The zero-order chi connectivity index (χ0) is 15.0. The number of hydrogen-bond donors (Lipinski definition) is 2. The highest BCUT2D eigenvalue weighted by Crippen LogP contribution is 2.27. The third kappa shape index (κ3) is 2.64. The Morgan fingerprint density at radius 3 is 2.81 bits per heavy atom. The Hall–Kier alpha value is -2.28. The van der Waals surface area contributed by atoms with Gasteiger partial charge in [-0.1, -0.05) is 6.07 Å². The van der Waals surface area contributed by atoms with E-state index >= 15 is 0 Å². The molecule has 0 bridgehead atoms. The second kappa shape index (κ2) is 5.25. The van der Waals surface area contributed by atoms with Crippen LogP contribution >= 0.6 is 15.9 Å². The molecule has 0 atom stereocenters. The van der Waals surface area contributed by atoms with Gasteiger partial charge in [0.2, 0.25) is 0 Å². The van der Waals surface area contributed by atoms with Crippen molar-refractivity contribution in [3.63, 3.8) is 0 Å². The second-order valence-corrected chi connectivity index (χ2v) is 5.22. The highest BCUT2D eigenvalue weighted by atomic mass is 79.9. The van der Waals surface area contributed by atoms with Gasteiger partial charge in [-0.15, -0.1) is 0 Å². The fourth-order valence-corrected chi connectivity index (χ4v) is 2.43. The Bertz CT molecular complexity index is 824. The molecule has 2 N–H and O–H groups in total. The van der Waals surface area contributed by atoms with Crippen molar-refractivity contribution in [2.45, 2.75) is 0 Å². The maximum Gasteiger partial charge on any atom is 0.255 e. The van der Waals surface area contributed by atoms with Crippen molar-refractivity contribution in [1.82, 2.24) is 10.2 Å². The number of aromatic amines is 1. The predicted octanol–water partition coefficient (Wildman–Crippen LogP) is 3.86. The number of nitrogens with zero attached hydrogens (tertiary/aromatic N) is 1. The lowest BCUT2D eigenvalue weighted by molar-refractivity contribution is 0.102. The number of halogens is 3. The molecule has 21 heavy (non-hydrogen) atoms. The first-order valence-corrected chi connectivity index (χ1v) is 6.73. The maximum atomic E-state index is 13.7. The third-order valence-corrected chi connectivity index (χ3v) is 3.57. The number of benzene rings is 2. The van der Waals surface area contributed by atoms with Gasteiger partial charge in [-0.2, -0.15) is 5.10 Å². The van der Waals surface area contributed by atoms with Crippen LogP contribution in [0, 0.1) is 11.6 Å². The summed E-state index contributed by atoms with van der Waals surface area (Å²) in [5, 5.41) is 9.88. The zero-order valence-electron chi connectivity index (χ0n) is 10.5. The number of nitrogens with one attached hydrogen (secondary N) is 2. The van der Waals surface area contributed by atoms with E-state index in [1.807, 2.05) is 0 Å². The van der Waals surface area contributed by atoms with Crippen LogP contribution in [0.15, 0.2) is 41.0 Å². The van der Waals surface area contributed by atoms with E-state index in [4.69, 9.17) is 0 Å². The van der Waals surface area contributed by atoms with E-state index in [1.54, 1.807) is 24.4 Å². The molecule has 106 valence electrons. The Morgan fingerprint density at radius 1 is 1.24 bits per heavy atom. The largest absolute Gasteiger partial charge is 0.319 e. The first-order chi connectivity index (χ1) is 10.0. The average molecular weight is 352 g/mol. The maximum absolute atomic E-state index is 13.7. The van der Waals surface area contributed by atoms with Crippen LogP contribution in [0.3, 0.4) is 0 Å². The fourth-order valence-electron chi connectivity index (χ4n) is 1.93. The summed E-state index contributed by atoms with van der Waals surface area (Å²) < 4.78 is 26.8. The van der Waals surface area contributed by atoms with Gasteiger partial charge in [-0.25, -0.2) is 8.78 Å². The number of H-pyrrole nitrogens is 1. The van der Waals surface area contributed by atoms with Crippen LogP contribution in [0.25, 0.3) is 10.9 Å². The summed E-state index contributed by atoms with van der Waals surface area (Å²) in [5.41, 5.74) is 0.926. The zero-order valence-corrected chi connectivity index (χ0v) is 12.0. The monoisotopic (exact) mass is 351 g/mol. The Labute approximate surface area is 126 Å².